The first-order chi connectivity index (χ1) is 19.9. The molecule has 41 heavy (non-hydrogen) atoms. The van der Waals surface area contributed by atoms with Gasteiger partial charge < -0.3 is 24.4 Å². The van der Waals surface area contributed by atoms with Crippen molar-refractivity contribution in [2.75, 3.05) is 13.7 Å². The van der Waals surface area contributed by atoms with Crippen molar-refractivity contribution in [3.8, 4) is 17.2 Å². The third-order valence-electron chi connectivity index (χ3n) is 6.96. The first kappa shape index (κ1) is 27.7. The highest BCUT2D eigenvalue weighted by molar-refractivity contribution is 7.96. The number of rotatable bonds is 7. The number of ether oxygens (including phenoxy) is 3. The van der Waals surface area contributed by atoms with Crippen LogP contribution in [0.15, 0.2) is 97.1 Å². The lowest BCUT2D eigenvalue weighted by Crippen LogP contribution is -2.39. The van der Waals surface area contributed by atoms with Gasteiger partial charge in [0, 0.05) is 5.56 Å². The number of carbonyl (C=O) groups is 3. The van der Waals surface area contributed by atoms with Crippen molar-refractivity contribution in [2.45, 2.75) is 12.8 Å². The highest BCUT2D eigenvalue weighted by Crippen LogP contribution is 2.55. The van der Waals surface area contributed by atoms with Gasteiger partial charge in [0.25, 0.3) is 0 Å². The van der Waals surface area contributed by atoms with Crippen molar-refractivity contribution in [3.63, 3.8) is 0 Å². The van der Waals surface area contributed by atoms with E-state index in [1.165, 1.54) is 7.11 Å². The Morgan fingerprint density at radius 2 is 1.34 bits per heavy atom. The Bertz CT molecular complexity index is 1580. The molecule has 0 saturated heterocycles. The van der Waals surface area contributed by atoms with Gasteiger partial charge in [-0.15, -0.1) is 0 Å². The van der Waals surface area contributed by atoms with Gasteiger partial charge in [0.05, 0.1) is 24.6 Å². The van der Waals surface area contributed by atoms with E-state index in [9.17, 15) is 24.6 Å². The van der Waals surface area contributed by atoms with E-state index < -0.39 is 48.0 Å². The number of benzene rings is 4. The van der Waals surface area contributed by atoms with Crippen molar-refractivity contribution in [1.29, 1.82) is 0 Å². The molecular weight excluding hydrogens is 543 g/mol. The fourth-order valence-electron chi connectivity index (χ4n) is 5.31. The number of phenols is 2. The fraction of sp³-hybridized carbons (Fsp3) is 0.125. The Morgan fingerprint density at radius 1 is 0.854 bits per heavy atom. The normalized spacial score (nSPS) is 14.1. The molecule has 0 bridgehead atoms. The summed E-state index contributed by atoms with van der Waals surface area (Å²) in [7, 11) is 1.22. The molecule has 5 rings (SSSR count). The zero-order valence-corrected chi connectivity index (χ0v) is 23.2. The topological polar surface area (TPSA) is 119 Å². The van der Waals surface area contributed by atoms with Crippen molar-refractivity contribution in [2.24, 2.45) is 0 Å². The molecule has 0 aromatic heterocycles. The average Bonchev–Trinajstić information content (AvgIpc) is 3.35. The largest absolute Gasteiger partial charge is 0.504 e. The molecule has 208 valence electrons. The lowest BCUT2D eigenvalue weighted by atomic mass is 9.91. The van der Waals surface area contributed by atoms with Crippen LogP contribution < -0.4 is 20.7 Å². The molecule has 2 N–H and O–H groups in total. The molecule has 4 aromatic rings. The van der Waals surface area contributed by atoms with E-state index in [0.29, 0.717) is 0 Å². The molecule has 0 radical (unpaired) electrons. The standard InChI is InChI=1S/C32H27O8P/c1-3-39-30(35)23-19-24(33)27(34)28-25(23)26(31(36)40-28)29(32(37)38-2)41(20-13-7-4-8-14-20,21-15-9-5-10-16-21)22-17-11-6-12-18-22/h4-19,26,33-34H,3H2,1-2H3. The maximum absolute atomic E-state index is 14.1. The molecule has 0 saturated carbocycles. The van der Waals surface area contributed by atoms with Gasteiger partial charge in [-0.1, -0.05) is 91.0 Å². The Kier molecular flexibility index (Phi) is 7.68. The Morgan fingerprint density at radius 3 is 1.78 bits per heavy atom. The molecule has 1 aliphatic rings. The van der Waals surface area contributed by atoms with E-state index in [0.717, 1.165) is 22.0 Å². The highest BCUT2D eigenvalue weighted by atomic mass is 31.2. The van der Waals surface area contributed by atoms with Crippen molar-refractivity contribution in [1.82, 2.24) is 0 Å². The van der Waals surface area contributed by atoms with Crippen LogP contribution in [0.25, 0.3) is 0 Å². The fourth-order valence-corrected chi connectivity index (χ4v) is 9.89. The summed E-state index contributed by atoms with van der Waals surface area (Å²) in [5.41, 5.74) is -0.280. The number of carbonyl (C=O) groups excluding carboxylic acids is 3. The molecule has 1 aliphatic heterocycles. The van der Waals surface area contributed by atoms with E-state index in [4.69, 9.17) is 14.2 Å². The molecule has 8 nitrogen and oxygen atoms in total. The van der Waals surface area contributed by atoms with Gasteiger partial charge in [-0.05, 0) is 35.8 Å². The number of esters is 3. The second-order valence-electron chi connectivity index (χ2n) is 9.16. The van der Waals surface area contributed by atoms with E-state index in [1.807, 2.05) is 91.0 Å². The lowest BCUT2D eigenvalue weighted by Gasteiger charge is -2.33. The summed E-state index contributed by atoms with van der Waals surface area (Å²) in [6, 6.07) is 29.0. The predicted octanol–water partition coefficient (Wildman–Crippen LogP) is 3.62. The number of fused-ring (bicyclic) bond motifs is 1. The van der Waals surface area contributed by atoms with Crippen LogP contribution >= 0.6 is 6.89 Å². The minimum absolute atomic E-state index is 0.0112. The molecule has 0 spiro atoms. The van der Waals surface area contributed by atoms with Crippen LogP contribution in [0, 0.1) is 0 Å². The molecule has 1 unspecified atom stereocenters. The van der Waals surface area contributed by atoms with Crippen LogP contribution in [0.1, 0.15) is 28.8 Å². The van der Waals surface area contributed by atoms with E-state index in [2.05, 4.69) is 0 Å². The van der Waals surface area contributed by atoms with Crippen LogP contribution in [-0.4, -0.2) is 47.1 Å². The van der Waals surface area contributed by atoms with E-state index >= 15 is 0 Å². The summed E-state index contributed by atoms with van der Waals surface area (Å²) in [5.74, 6) is -5.82. The lowest BCUT2D eigenvalue weighted by molar-refractivity contribution is -0.136. The van der Waals surface area contributed by atoms with Crippen LogP contribution in [0.4, 0.5) is 0 Å². The molecule has 1 heterocycles. The number of aromatic hydroxyl groups is 2. The summed E-state index contributed by atoms with van der Waals surface area (Å²) in [6.07, 6.45) is 0. The second kappa shape index (κ2) is 11.4. The molecule has 0 amide bonds. The Labute approximate surface area is 236 Å². The quantitative estimate of drug-likeness (QED) is 0.150. The average molecular weight is 571 g/mol. The number of hydrogen-bond acceptors (Lipinski definition) is 8. The number of methoxy groups -OCH3 is 1. The third-order valence-corrected chi connectivity index (χ3v) is 11.3. The van der Waals surface area contributed by atoms with Gasteiger partial charge in [0.1, 0.15) is 5.92 Å². The van der Waals surface area contributed by atoms with Crippen LogP contribution in [0.3, 0.4) is 0 Å². The summed E-state index contributed by atoms with van der Waals surface area (Å²) in [5, 5.41) is 23.4. The minimum Gasteiger partial charge on any atom is -0.504 e. The summed E-state index contributed by atoms with van der Waals surface area (Å²) in [4.78, 5) is 41.1. The summed E-state index contributed by atoms with van der Waals surface area (Å²) < 4.78 is 16.1. The first-order valence-corrected chi connectivity index (χ1v) is 14.6. The monoisotopic (exact) mass is 570 g/mol. The van der Waals surface area contributed by atoms with Crippen molar-refractivity contribution >= 4 is 46.0 Å². The van der Waals surface area contributed by atoms with Crippen LogP contribution in [0.5, 0.6) is 17.2 Å². The molecule has 4 aromatic carbocycles. The second-order valence-corrected chi connectivity index (χ2v) is 12.5. The third kappa shape index (κ3) is 4.56. The molecule has 1 atom stereocenters. The van der Waals surface area contributed by atoms with Gasteiger partial charge in [-0.3, -0.25) is 4.79 Å². The molecular formula is C32H27O8P. The number of hydrogen-bond donors (Lipinski definition) is 2. The van der Waals surface area contributed by atoms with Crippen LogP contribution in [0.2, 0.25) is 0 Å². The predicted molar refractivity (Wildman–Crippen MR) is 156 cm³/mol. The number of phenolic OH excluding ortho intramolecular Hbond substituents is 2. The smallest absolute Gasteiger partial charge is 0.338 e. The molecule has 9 heteroatoms. The van der Waals surface area contributed by atoms with Gasteiger partial charge in [-0.25, -0.2) is 9.59 Å². The van der Waals surface area contributed by atoms with Gasteiger partial charge in [0.2, 0.25) is 5.75 Å². The van der Waals surface area contributed by atoms with Gasteiger partial charge >= 0.3 is 17.9 Å². The van der Waals surface area contributed by atoms with Gasteiger partial charge in [0.15, 0.2) is 11.5 Å². The van der Waals surface area contributed by atoms with Gasteiger partial charge in [-0.2, -0.15) is 0 Å². The summed E-state index contributed by atoms with van der Waals surface area (Å²) >= 11 is 0. The van der Waals surface area contributed by atoms with E-state index in [-0.39, 0.29) is 23.0 Å². The zero-order chi connectivity index (χ0) is 29.1. The van der Waals surface area contributed by atoms with Crippen LogP contribution in [-0.2, 0) is 19.1 Å². The Balaban J connectivity index is 2.05. The molecule has 0 aliphatic carbocycles. The van der Waals surface area contributed by atoms with E-state index in [1.54, 1.807) is 6.92 Å². The minimum atomic E-state index is -3.23. The first-order valence-electron chi connectivity index (χ1n) is 12.8. The zero-order valence-electron chi connectivity index (χ0n) is 22.3. The Hall–Kier alpha value is -4.81. The van der Waals surface area contributed by atoms with Crippen molar-refractivity contribution < 1.29 is 38.8 Å². The molecule has 0 fully saturated rings. The highest BCUT2D eigenvalue weighted by Gasteiger charge is 2.49. The van der Waals surface area contributed by atoms with Crippen molar-refractivity contribution in [3.05, 3.63) is 108 Å². The maximum Gasteiger partial charge on any atom is 0.338 e. The SMILES string of the molecule is CCOC(=O)c1cc(O)c(O)c2c1C(C(C(=O)OC)=P(c1ccccc1)(c1ccccc1)c1ccccc1)C(=O)O2. The summed E-state index contributed by atoms with van der Waals surface area (Å²) in [6.45, 7) is -1.60. The maximum atomic E-state index is 14.1.